The zero-order chi connectivity index (χ0) is 34.7. The van der Waals surface area contributed by atoms with Crippen LogP contribution < -0.4 is 0 Å². The maximum absolute atomic E-state index is 11.6. The van der Waals surface area contributed by atoms with Crippen molar-refractivity contribution in [3.63, 3.8) is 0 Å². The van der Waals surface area contributed by atoms with Crippen LogP contribution in [0.1, 0.15) is 62.5 Å². The minimum absolute atomic E-state index is 0.161. The summed E-state index contributed by atoms with van der Waals surface area (Å²) in [6, 6.07) is 33.9. The number of unbranched alkanes of at least 4 members (excludes halogenated alkanes) is 4. The molecule has 5 heteroatoms. The number of hydrogen-bond donors (Lipinski definition) is 0. The molecule has 0 N–H and O–H groups in total. The molecular weight excluding hydrogens is 684 g/mol. The van der Waals surface area contributed by atoms with Crippen LogP contribution in [0.3, 0.4) is 0 Å². The van der Waals surface area contributed by atoms with E-state index >= 15 is 0 Å². The Labute approximate surface area is 302 Å². The van der Waals surface area contributed by atoms with Gasteiger partial charge >= 0.3 is 11.9 Å². The highest BCUT2D eigenvalue weighted by Gasteiger charge is 2.42. The maximum atomic E-state index is 11.6. The van der Waals surface area contributed by atoms with Gasteiger partial charge in [-0.1, -0.05) is 134 Å². The first kappa shape index (κ1) is 33.7. The van der Waals surface area contributed by atoms with Crippen LogP contribution in [-0.4, -0.2) is 25.2 Å². The Balaban J connectivity index is 1.27. The van der Waals surface area contributed by atoms with Crippen molar-refractivity contribution in [2.75, 3.05) is 13.2 Å². The van der Waals surface area contributed by atoms with Gasteiger partial charge in [-0.15, -0.1) is 0 Å². The molecule has 0 amide bonds. The number of carbonyl (C=O) groups is 2. The second kappa shape index (κ2) is 14.6. The second-order valence-electron chi connectivity index (χ2n) is 13.3. The van der Waals surface area contributed by atoms with Crippen molar-refractivity contribution in [1.29, 1.82) is 0 Å². The van der Waals surface area contributed by atoms with E-state index in [9.17, 15) is 9.59 Å². The third-order valence-corrected chi connectivity index (χ3v) is 11.2. The van der Waals surface area contributed by atoms with Crippen molar-refractivity contribution >= 4 is 60.2 Å². The van der Waals surface area contributed by atoms with E-state index in [1.807, 2.05) is 0 Å². The van der Waals surface area contributed by atoms with E-state index in [2.05, 4.69) is 120 Å². The van der Waals surface area contributed by atoms with Crippen LogP contribution in [0.5, 0.6) is 0 Å². The lowest BCUT2D eigenvalue weighted by atomic mass is 9.70. The van der Waals surface area contributed by atoms with E-state index in [1.165, 1.54) is 77.9 Å². The van der Waals surface area contributed by atoms with Crippen LogP contribution >= 0.6 is 15.9 Å². The molecule has 0 unspecified atom stereocenters. The number of benzene rings is 6. The summed E-state index contributed by atoms with van der Waals surface area (Å²) in [5, 5.41) is 7.61. The highest BCUT2D eigenvalue weighted by molar-refractivity contribution is 9.10. The fourth-order valence-corrected chi connectivity index (χ4v) is 8.64. The molecule has 7 rings (SSSR count). The van der Waals surface area contributed by atoms with Gasteiger partial charge in [-0.25, -0.2) is 9.59 Å². The van der Waals surface area contributed by atoms with Crippen molar-refractivity contribution in [3.8, 4) is 22.3 Å². The average Bonchev–Trinajstić information content (AvgIpc) is 3.42. The van der Waals surface area contributed by atoms with Gasteiger partial charge in [0.1, 0.15) is 0 Å². The van der Waals surface area contributed by atoms with Gasteiger partial charge in [0, 0.05) is 22.0 Å². The Morgan fingerprint density at radius 2 is 1.16 bits per heavy atom. The number of halogens is 1. The van der Waals surface area contributed by atoms with Gasteiger partial charge in [0.2, 0.25) is 0 Å². The number of esters is 2. The third kappa shape index (κ3) is 6.24. The molecule has 0 radical (unpaired) electrons. The molecule has 0 saturated heterocycles. The Kier molecular flexibility index (Phi) is 9.87. The first-order valence-corrected chi connectivity index (χ1v) is 18.4. The molecule has 50 heavy (non-hydrogen) atoms. The van der Waals surface area contributed by atoms with Crippen LogP contribution in [-0.2, 0) is 24.5 Å². The Morgan fingerprint density at radius 1 is 0.600 bits per heavy atom. The lowest BCUT2D eigenvalue weighted by molar-refractivity contribution is -0.138. The van der Waals surface area contributed by atoms with Crippen molar-refractivity contribution in [1.82, 2.24) is 0 Å². The molecule has 0 atom stereocenters. The summed E-state index contributed by atoms with van der Waals surface area (Å²) in [5.41, 5.74) is 7.72. The summed E-state index contributed by atoms with van der Waals surface area (Å²) in [6.45, 7) is 7.82. The van der Waals surface area contributed by atoms with Gasteiger partial charge in [-0.3, -0.25) is 0 Å². The topological polar surface area (TPSA) is 52.6 Å². The SMILES string of the molecule is C=CC(=O)OCCCCCC1(CCCCCOC(=O)C=C)c2ccccc2-c2ccc(-c3ccc4ccc5c(Br)ccc6ccc3c4c65)cc21. The Morgan fingerprint density at radius 3 is 1.84 bits per heavy atom. The zero-order valence-corrected chi connectivity index (χ0v) is 29.9. The number of fused-ring (bicyclic) bond motifs is 3. The fourth-order valence-electron chi connectivity index (χ4n) is 8.18. The molecule has 0 heterocycles. The normalized spacial score (nSPS) is 13.0. The number of hydrogen-bond acceptors (Lipinski definition) is 4. The molecular formula is C45H41BrO4. The van der Waals surface area contributed by atoms with E-state index in [4.69, 9.17) is 9.47 Å². The summed E-state index contributed by atoms with van der Waals surface area (Å²) >= 11 is 3.80. The zero-order valence-electron chi connectivity index (χ0n) is 28.3. The van der Waals surface area contributed by atoms with Crippen molar-refractivity contribution < 1.29 is 19.1 Å². The third-order valence-electron chi connectivity index (χ3n) is 10.5. The predicted molar refractivity (Wildman–Crippen MR) is 209 cm³/mol. The van der Waals surface area contributed by atoms with Gasteiger partial charge in [0.05, 0.1) is 13.2 Å². The Bertz CT molecular complexity index is 2200. The van der Waals surface area contributed by atoms with Crippen molar-refractivity contribution in [3.05, 3.63) is 132 Å². The minimum Gasteiger partial charge on any atom is -0.463 e. The molecule has 4 nitrogen and oxygen atoms in total. The summed E-state index contributed by atoms with van der Waals surface area (Å²) in [7, 11) is 0. The van der Waals surface area contributed by atoms with Crippen molar-refractivity contribution in [2.45, 2.75) is 56.8 Å². The molecule has 6 aromatic carbocycles. The molecule has 6 aromatic rings. The lowest BCUT2D eigenvalue weighted by Crippen LogP contribution is -2.25. The van der Waals surface area contributed by atoms with Gasteiger partial charge in [0.25, 0.3) is 0 Å². The van der Waals surface area contributed by atoms with E-state index in [-0.39, 0.29) is 17.4 Å². The first-order chi connectivity index (χ1) is 24.4. The van der Waals surface area contributed by atoms with Gasteiger partial charge < -0.3 is 9.47 Å². The smallest absolute Gasteiger partial charge is 0.330 e. The van der Waals surface area contributed by atoms with Crippen LogP contribution in [0, 0.1) is 0 Å². The minimum atomic E-state index is -0.370. The van der Waals surface area contributed by atoms with Crippen molar-refractivity contribution in [2.24, 2.45) is 0 Å². The average molecular weight is 726 g/mol. The summed E-state index contributed by atoms with van der Waals surface area (Å²) in [4.78, 5) is 23.2. The molecule has 0 aliphatic heterocycles. The highest BCUT2D eigenvalue weighted by Crippen LogP contribution is 2.55. The standard InChI is InChI=1S/C45H41BrO4/c1-3-41(47)49-27-11-5-9-25-45(26-10-6-12-28-50-42(48)4-2)38-14-8-7-13-34(38)35-21-18-32(29-39(35)45)33-20-15-30-17-23-37-40(46)24-19-31-16-22-36(33)43(30)44(31)37/h3-4,7-8,13-24,29H,1-2,5-6,9-12,25-28H2. The summed E-state index contributed by atoms with van der Waals surface area (Å²) in [5.74, 6) is -0.739. The highest BCUT2D eigenvalue weighted by atomic mass is 79.9. The van der Waals surface area contributed by atoms with Crippen LogP contribution in [0.25, 0.3) is 54.6 Å². The largest absolute Gasteiger partial charge is 0.463 e. The fraction of sp³-hybridized carbons (Fsp3) is 0.244. The van der Waals surface area contributed by atoms with Gasteiger partial charge in [-0.05, 0) is 104 Å². The number of rotatable bonds is 15. The van der Waals surface area contributed by atoms with E-state index in [0.29, 0.717) is 13.2 Å². The monoisotopic (exact) mass is 724 g/mol. The van der Waals surface area contributed by atoms with Crippen LogP contribution in [0.4, 0.5) is 0 Å². The van der Waals surface area contributed by atoms with E-state index < -0.39 is 0 Å². The second-order valence-corrected chi connectivity index (χ2v) is 14.2. The summed E-state index contributed by atoms with van der Waals surface area (Å²) < 4.78 is 11.7. The lowest BCUT2D eigenvalue weighted by Gasteiger charge is -2.33. The van der Waals surface area contributed by atoms with E-state index in [0.717, 1.165) is 55.8 Å². The molecule has 0 bridgehead atoms. The van der Waals surface area contributed by atoms with E-state index in [1.54, 1.807) is 0 Å². The molecule has 0 fully saturated rings. The molecule has 252 valence electrons. The van der Waals surface area contributed by atoms with Gasteiger partial charge in [-0.2, -0.15) is 0 Å². The van der Waals surface area contributed by atoms with Crippen LogP contribution in [0.15, 0.2) is 121 Å². The Hall–Kier alpha value is -4.74. The first-order valence-electron chi connectivity index (χ1n) is 17.6. The number of ether oxygens (including phenoxy) is 2. The molecule has 0 spiro atoms. The maximum Gasteiger partial charge on any atom is 0.330 e. The van der Waals surface area contributed by atoms with Gasteiger partial charge in [0.15, 0.2) is 0 Å². The number of carbonyl (C=O) groups excluding carboxylic acids is 2. The molecule has 0 aromatic heterocycles. The molecule has 0 saturated carbocycles. The quantitative estimate of drug-likeness (QED) is 0.0458. The predicted octanol–water partition coefficient (Wildman–Crippen LogP) is 11.9. The molecule has 1 aliphatic rings. The molecule has 1 aliphatic carbocycles. The van der Waals surface area contributed by atoms with Crippen LogP contribution in [0.2, 0.25) is 0 Å². The summed E-state index contributed by atoms with van der Waals surface area (Å²) in [6.07, 6.45) is 10.0.